The third kappa shape index (κ3) is 4.61. The summed E-state index contributed by atoms with van der Waals surface area (Å²) in [6, 6.07) is 18.4. The van der Waals surface area contributed by atoms with Crippen LogP contribution in [-0.4, -0.2) is 30.4 Å². The summed E-state index contributed by atoms with van der Waals surface area (Å²) in [6.07, 6.45) is 0.403. The molecule has 0 fully saturated rings. The number of imide groups is 1. The van der Waals surface area contributed by atoms with E-state index in [1.54, 1.807) is 48.5 Å². The lowest BCUT2D eigenvalue weighted by molar-refractivity contribution is -0.136. The summed E-state index contributed by atoms with van der Waals surface area (Å²) in [5, 5.41) is 3.65. The molecule has 3 aromatic carbocycles. The minimum Gasteiger partial charge on any atom is -0.496 e. The summed E-state index contributed by atoms with van der Waals surface area (Å²) in [5.41, 5.74) is 3.22. The number of benzene rings is 3. The van der Waals surface area contributed by atoms with Crippen LogP contribution < -0.4 is 10.1 Å². The molecule has 0 aliphatic carbocycles. The van der Waals surface area contributed by atoms with Gasteiger partial charge in [0, 0.05) is 22.8 Å². The van der Waals surface area contributed by atoms with Gasteiger partial charge in [0.15, 0.2) is 0 Å². The van der Waals surface area contributed by atoms with Crippen molar-refractivity contribution in [3.05, 3.63) is 100.0 Å². The maximum atomic E-state index is 13.4. The molecule has 1 N–H and O–H groups in total. The molecule has 4 rings (SSSR count). The van der Waals surface area contributed by atoms with Gasteiger partial charge in [-0.3, -0.25) is 14.5 Å². The van der Waals surface area contributed by atoms with E-state index >= 15 is 0 Å². The highest BCUT2D eigenvalue weighted by Crippen LogP contribution is 2.35. The first kappa shape index (κ1) is 22.6. The quantitative estimate of drug-likeness (QED) is 0.486. The molecule has 0 radical (unpaired) electrons. The third-order valence-electron chi connectivity index (χ3n) is 5.52. The molecule has 7 heteroatoms. The summed E-state index contributed by atoms with van der Waals surface area (Å²) >= 11 is 6.26. The topological polar surface area (TPSA) is 58.6 Å². The SMILES string of the molecule is COc1ccccc1C1=C(Nc2ccc(C)c(Cl)c2)C(=O)N(CCc2ccc(F)cc2)C1=O. The van der Waals surface area contributed by atoms with Gasteiger partial charge in [-0.1, -0.05) is 48.0 Å². The lowest BCUT2D eigenvalue weighted by atomic mass is 10.0. The molecule has 2 amide bonds. The fourth-order valence-corrected chi connectivity index (χ4v) is 3.88. The number of hydrogen-bond acceptors (Lipinski definition) is 4. The zero-order valence-corrected chi connectivity index (χ0v) is 18.9. The number of anilines is 1. The Morgan fingerprint density at radius 3 is 2.42 bits per heavy atom. The van der Waals surface area contributed by atoms with Crippen molar-refractivity contribution in [1.29, 1.82) is 0 Å². The van der Waals surface area contributed by atoms with Crippen molar-refractivity contribution >= 4 is 34.7 Å². The molecular weight excluding hydrogens is 443 g/mol. The Morgan fingerprint density at radius 2 is 1.73 bits per heavy atom. The van der Waals surface area contributed by atoms with E-state index in [1.165, 1.54) is 24.1 Å². The molecule has 33 heavy (non-hydrogen) atoms. The third-order valence-corrected chi connectivity index (χ3v) is 5.93. The van der Waals surface area contributed by atoms with E-state index in [9.17, 15) is 14.0 Å². The molecule has 5 nitrogen and oxygen atoms in total. The van der Waals surface area contributed by atoms with Crippen LogP contribution in [0.1, 0.15) is 16.7 Å². The van der Waals surface area contributed by atoms with Gasteiger partial charge >= 0.3 is 0 Å². The molecule has 0 atom stereocenters. The minimum atomic E-state index is -0.445. The standard InChI is InChI=1S/C26H22ClFN2O3/c1-16-7-12-19(15-21(16)27)29-24-23(20-5-3-4-6-22(20)33-2)25(31)30(26(24)32)14-13-17-8-10-18(28)11-9-17/h3-12,15,29H,13-14H2,1-2H3. The van der Waals surface area contributed by atoms with E-state index in [-0.39, 0.29) is 23.6 Å². The number of carbonyl (C=O) groups excluding carboxylic acids is 2. The first-order valence-corrected chi connectivity index (χ1v) is 10.8. The van der Waals surface area contributed by atoms with Gasteiger partial charge in [-0.15, -0.1) is 0 Å². The van der Waals surface area contributed by atoms with E-state index in [1.807, 2.05) is 13.0 Å². The van der Waals surface area contributed by atoms with Gasteiger partial charge in [-0.05, 0) is 54.8 Å². The predicted octanol–water partition coefficient (Wildman–Crippen LogP) is 5.23. The number of para-hydroxylation sites is 1. The number of hydrogen-bond donors (Lipinski definition) is 1. The van der Waals surface area contributed by atoms with Gasteiger partial charge in [0.2, 0.25) is 0 Å². The van der Waals surface area contributed by atoms with Crippen LogP contribution >= 0.6 is 11.6 Å². The van der Waals surface area contributed by atoms with Crippen molar-refractivity contribution in [3.63, 3.8) is 0 Å². The van der Waals surface area contributed by atoms with Gasteiger partial charge in [0.25, 0.3) is 11.8 Å². The van der Waals surface area contributed by atoms with Crippen LogP contribution in [0.2, 0.25) is 5.02 Å². The number of nitrogens with zero attached hydrogens (tertiary/aromatic N) is 1. The number of nitrogens with one attached hydrogen (secondary N) is 1. The van der Waals surface area contributed by atoms with E-state index in [0.29, 0.717) is 28.4 Å². The molecule has 0 unspecified atom stereocenters. The largest absolute Gasteiger partial charge is 0.496 e. The maximum absolute atomic E-state index is 13.4. The zero-order chi connectivity index (χ0) is 23.5. The van der Waals surface area contributed by atoms with Crippen LogP contribution in [0.3, 0.4) is 0 Å². The summed E-state index contributed by atoms with van der Waals surface area (Å²) in [4.78, 5) is 28.0. The molecule has 0 bridgehead atoms. The second kappa shape index (κ2) is 9.46. The number of rotatable bonds is 7. The Bertz CT molecular complexity index is 1250. The summed E-state index contributed by atoms with van der Waals surface area (Å²) in [6.45, 7) is 2.04. The zero-order valence-electron chi connectivity index (χ0n) is 18.2. The van der Waals surface area contributed by atoms with E-state index in [2.05, 4.69) is 5.32 Å². The van der Waals surface area contributed by atoms with Crippen LogP contribution in [-0.2, 0) is 16.0 Å². The summed E-state index contributed by atoms with van der Waals surface area (Å²) in [7, 11) is 1.51. The molecule has 168 valence electrons. The van der Waals surface area contributed by atoms with Crippen LogP contribution in [0.4, 0.5) is 10.1 Å². The fourth-order valence-electron chi connectivity index (χ4n) is 3.70. The smallest absolute Gasteiger partial charge is 0.278 e. The Labute approximate surface area is 196 Å². The minimum absolute atomic E-state index is 0.155. The van der Waals surface area contributed by atoms with Gasteiger partial charge in [-0.2, -0.15) is 0 Å². The average molecular weight is 465 g/mol. The first-order chi connectivity index (χ1) is 15.9. The fraction of sp³-hybridized carbons (Fsp3) is 0.154. The number of ether oxygens (including phenoxy) is 1. The Kier molecular flexibility index (Phi) is 6.47. The monoisotopic (exact) mass is 464 g/mol. The van der Waals surface area contributed by atoms with Crippen LogP contribution in [0.5, 0.6) is 5.75 Å². The highest BCUT2D eigenvalue weighted by atomic mass is 35.5. The van der Waals surface area contributed by atoms with Crippen molar-refractivity contribution in [2.75, 3.05) is 19.0 Å². The van der Waals surface area contributed by atoms with Crippen molar-refractivity contribution in [3.8, 4) is 5.75 Å². The highest BCUT2D eigenvalue weighted by Gasteiger charge is 2.40. The second-order valence-corrected chi connectivity index (χ2v) is 8.08. The number of halogens is 2. The Balaban J connectivity index is 1.70. The molecule has 1 aliphatic heterocycles. The molecule has 1 aliphatic rings. The first-order valence-electron chi connectivity index (χ1n) is 10.4. The molecule has 0 aromatic heterocycles. The van der Waals surface area contributed by atoms with Crippen molar-refractivity contribution in [2.24, 2.45) is 0 Å². The van der Waals surface area contributed by atoms with Gasteiger partial charge in [0.1, 0.15) is 17.3 Å². The van der Waals surface area contributed by atoms with Crippen molar-refractivity contribution < 1.29 is 18.7 Å². The highest BCUT2D eigenvalue weighted by molar-refractivity contribution is 6.37. The van der Waals surface area contributed by atoms with Gasteiger partial charge in [0.05, 0.1) is 12.7 Å². The van der Waals surface area contributed by atoms with Crippen LogP contribution in [0.15, 0.2) is 72.4 Å². The second-order valence-electron chi connectivity index (χ2n) is 7.68. The Hall–Kier alpha value is -3.64. The van der Waals surface area contributed by atoms with E-state index < -0.39 is 11.8 Å². The lowest BCUT2D eigenvalue weighted by Gasteiger charge is -2.15. The Morgan fingerprint density at radius 1 is 1.00 bits per heavy atom. The normalized spacial score (nSPS) is 13.6. The van der Waals surface area contributed by atoms with E-state index in [0.717, 1.165) is 11.1 Å². The lowest BCUT2D eigenvalue weighted by Crippen LogP contribution is -2.34. The maximum Gasteiger partial charge on any atom is 0.278 e. The molecular formula is C26H22ClFN2O3. The number of amides is 2. The van der Waals surface area contributed by atoms with E-state index in [4.69, 9.17) is 16.3 Å². The average Bonchev–Trinajstić information content (AvgIpc) is 3.04. The molecule has 3 aromatic rings. The molecule has 0 spiro atoms. The van der Waals surface area contributed by atoms with Gasteiger partial charge in [-0.25, -0.2) is 4.39 Å². The van der Waals surface area contributed by atoms with Gasteiger partial charge < -0.3 is 10.1 Å². The number of carbonyl (C=O) groups is 2. The summed E-state index contributed by atoms with van der Waals surface area (Å²) < 4.78 is 18.7. The predicted molar refractivity (Wildman–Crippen MR) is 127 cm³/mol. The molecule has 0 saturated heterocycles. The number of methoxy groups -OCH3 is 1. The summed E-state index contributed by atoms with van der Waals surface area (Å²) in [5.74, 6) is -0.724. The number of aryl methyl sites for hydroxylation is 1. The molecule has 0 saturated carbocycles. The van der Waals surface area contributed by atoms with Crippen molar-refractivity contribution in [2.45, 2.75) is 13.3 Å². The molecule has 1 heterocycles. The van der Waals surface area contributed by atoms with Crippen molar-refractivity contribution in [1.82, 2.24) is 4.90 Å². The van der Waals surface area contributed by atoms with Crippen LogP contribution in [0.25, 0.3) is 5.57 Å². The van der Waals surface area contributed by atoms with Crippen LogP contribution in [0, 0.1) is 12.7 Å².